The molecule has 13 heavy (non-hydrogen) atoms. The molecule has 0 unspecified atom stereocenters. The molecule has 0 fully saturated rings. The van der Waals surface area contributed by atoms with Crippen LogP contribution in [-0.2, 0) is 5.60 Å². The molecule has 0 heterocycles. The van der Waals surface area contributed by atoms with Crippen LogP contribution in [0.3, 0.4) is 0 Å². The fourth-order valence-electron chi connectivity index (χ4n) is 1.22. The zero-order chi connectivity index (χ0) is 10.2. The lowest BCUT2D eigenvalue weighted by atomic mass is 9.95. The van der Waals surface area contributed by atoms with Gasteiger partial charge in [0.1, 0.15) is 11.6 Å². The van der Waals surface area contributed by atoms with Crippen molar-refractivity contribution in [1.29, 1.82) is 0 Å². The van der Waals surface area contributed by atoms with Crippen LogP contribution in [0.4, 0.5) is 8.78 Å². The monoisotopic (exact) mass is 186 g/mol. The van der Waals surface area contributed by atoms with Crippen molar-refractivity contribution in [2.45, 2.75) is 26.4 Å². The van der Waals surface area contributed by atoms with Crippen molar-refractivity contribution in [3.63, 3.8) is 0 Å². The van der Waals surface area contributed by atoms with Crippen molar-refractivity contribution in [1.82, 2.24) is 0 Å². The molecule has 0 aliphatic heterocycles. The summed E-state index contributed by atoms with van der Waals surface area (Å²) in [4.78, 5) is 0. The molecular formula is C10H12F2O. The Hall–Kier alpha value is -0.960. The molecule has 3 heteroatoms. The summed E-state index contributed by atoms with van der Waals surface area (Å²) in [6, 6.07) is 2.51. The van der Waals surface area contributed by atoms with Crippen LogP contribution < -0.4 is 0 Å². The van der Waals surface area contributed by atoms with E-state index in [0.29, 0.717) is 5.56 Å². The van der Waals surface area contributed by atoms with Crippen molar-refractivity contribution in [2.75, 3.05) is 0 Å². The van der Waals surface area contributed by atoms with Crippen LogP contribution in [0.5, 0.6) is 0 Å². The number of hydrogen-bond acceptors (Lipinski definition) is 1. The molecular weight excluding hydrogens is 174 g/mol. The van der Waals surface area contributed by atoms with Crippen LogP contribution in [0.15, 0.2) is 12.1 Å². The van der Waals surface area contributed by atoms with Gasteiger partial charge in [-0.2, -0.15) is 0 Å². The Balaban J connectivity index is 3.43. The molecule has 0 spiro atoms. The number of halogens is 2. The second-order valence-electron chi connectivity index (χ2n) is 3.61. The molecule has 1 aromatic rings. The van der Waals surface area contributed by atoms with E-state index in [-0.39, 0.29) is 5.56 Å². The SMILES string of the molecule is Cc1ccc(F)c(C(C)(C)O)c1F. The first-order valence-electron chi connectivity index (χ1n) is 4.01. The molecule has 0 saturated carbocycles. The lowest BCUT2D eigenvalue weighted by Crippen LogP contribution is -2.20. The van der Waals surface area contributed by atoms with Crippen LogP contribution in [-0.4, -0.2) is 5.11 Å². The van der Waals surface area contributed by atoms with Crippen molar-refractivity contribution in [2.24, 2.45) is 0 Å². The topological polar surface area (TPSA) is 20.2 Å². The van der Waals surface area contributed by atoms with Gasteiger partial charge in [-0.25, -0.2) is 8.78 Å². The number of hydrogen-bond donors (Lipinski definition) is 1. The second-order valence-corrected chi connectivity index (χ2v) is 3.61. The summed E-state index contributed by atoms with van der Waals surface area (Å²) >= 11 is 0. The van der Waals surface area contributed by atoms with Gasteiger partial charge in [-0.05, 0) is 32.4 Å². The highest BCUT2D eigenvalue weighted by atomic mass is 19.1. The Bertz CT molecular complexity index is 326. The van der Waals surface area contributed by atoms with Gasteiger partial charge in [0.15, 0.2) is 0 Å². The first kappa shape index (κ1) is 10.1. The van der Waals surface area contributed by atoms with Crippen LogP contribution in [0.2, 0.25) is 0 Å². The number of aliphatic hydroxyl groups is 1. The van der Waals surface area contributed by atoms with E-state index in [9.17, 15) is 13.9 Å². The fraction of sp³-hybridized carbons (Fsp3) is 0.400. The van der Waals surface area contributed by atoms with Crippen LogP contribution >= 0.6 is 0 Å². The lowest BCUT2D eigenvalue weighted by molar-refractivity contribution is 0.0701. The first-order valence-corrected chi connectivity index (χ1v) is 4.01. The summed E-state index contributed by atoms with van der Waals surface area (Å²) in [7, 11) is 0. The lowest BCUT2D eigenvalue weighted by Gasteiger charge is -2.19. The standard InChI is InChI=1S/C10H12F2O/c1-6-4-5-7(11)8(9(6)12)10(2,3)13/h4-5,13H,1-3H3. The van der Waals surface area contributed by atoms with Crippen LogP contribution in [0.1, 0.15) is 25.0 Å². The molecule has 0 amide bonds. The number of rotatable bonds is 1. The van der Waals surface area contributed by atoms with Crippen molar-refractivity contribution < 1.29 is 13.9 Å². The molecule has 1 rings (SSSR count). The first-order chi connectivity index (χ1) is 5.84. The predicted molar refractivity (Wildman–Crippen MR) is 46.3 cm³/mol. The molecule has 1 nitrogen and oxygen atoms in total. The van der Waals surface area contributed by atoms with Gasteiger partial charge in [-0.15, -0.1) is 0 Å². The zero-order valence-corrected chi connectivity index (χ0v) is 7.86. The third-order valence-electron chi connectivity index (χ3n) is 1.90. The highest BCUT2D eigenvalue weighted by molar-refractivity contribution is 5.30. The minimum Gasteiger partial charge on any atom is -0.386 e. The molecule has 72 valence electrons. The van der Waals surface area contributed by atoms with Gasteiger partial charge in [0.2, 0.25) is 0 Å². The maximum atomic E-state index is 13.4. The van der Waals surface area contributed by atoms with Crippen LogP contribution in [0, 0.1) is 18.6 Å². The molecule has 0 aromatic heterocycles. The summed E-state index contributed by atoms with van der Waals surface area (Å²) in [6.07, 6.45) is 0. The summed E-state index contributed by atoms with van der Waals surface area (Å²) < 4.78 is 26.5. The fourth-order valence-corrected chi connectivity index (χ4v) is 1.22. The maximum Gasteiger partial charge on any atom is 0.135 e. The average Bonchev–Trinajstić information content (AvgIpc) is 1.95. The van der Waals surface area contributed by atoms with E-state index in [2.05, 4.69) is 0 Å². The van der Waals surface area contributed by atoms with Gasteiger partial charge in [-0.1, -0.05) is 6.07 Å². The summed E-state index contributed by atoms with van der Waals surface area (Å²) in [6.45, 7) is 4.24. The minimum atomic E-state index is -1.49. The van der Waals surface area contributed by atoms with Gasteiger partial charge in [0.05, 0.1) is 11.2 Å². The predicted octanol–water partition coefficient (Wildman–Crippen LogP) is 2.50. The van der Waals surface area contributed by atoms with E-state index in [1.165, 1.54) is 26.8 Å². The molecule has 0 aliphatic rings. The molecule has 0 radical (unpaired) electrons. The Morgan fingerprint density at radius 3 is 2.15 bits per heavy atom. The Morgan fingerprint density at radius 1 is 1.23 bits per heavy atom. The number of benzene rings is 1. The number of aryl methyl sites for hydroxylation is 1. The molecule has 0 saturated heterocycles. The van der Waals surface area contributed by atoms with E-state index < -0.39 is 17.2 Å². The Labute approximate surface area is 76.0 Å². The highest BCUT2D eigenvalue weighted by Crippen LogP contribution is 2.27. The third-order valence-corrected chi connectivity index (χ3v) is 1.90. The summed E-state index contributed by atoms with van der Waals surface area (Å²) in [5.74, 6) is -1.39. The second kappa shape index (κ2) is 3.07. The van der Waals surface area contributed by atoms with Gasteiger partial charge in [0, 0.05) is 0 Å². The zero-order valence-electron chi connectivity index (χ0n) is 7.86. The third kappa shape index (κ3) is 1.86. The minimum absolute atomic E-state index is 0.271. The largest absolute Gasteiger partial charge is 0.386 e. The Kier molecular flexibility index (Phi) is 2.39. The van der Waals surface area contributed by atoms with Gasteiger partial charge in [-0.3, -0.25) is 0 Å². The summed E-state index contributed by atoms with van der Waals surface area (Å²) in [5, 5.41) is 9.50. The average molecular weight is 186 g/mol. The molecule has 1 aromatic carbocycles. The van der Waals surface area contributed by atoms with Gasteiger partial charge < -0.3 is 5.11 Å². The Morgan fingerprint density at radius 2 is 1.77 bits per heavy atom. The summed E-state index contributed by atoms with van der Waals surface area (Å²) in [5.41, 5.74) is -1.42. The van der Waals surface area contributed by atoms with E-state index in [1.54, 1.807) is 0 Å². The van der Waals surface area contributed by atoms with E-state index >= 15 is 0 Å². The quantitative estimate of drug-likeness (QED) is 0.714. The van der Waals surface area contributed by atoms with Crippen molar-refractivity contribution >= 4 is 0 Å². The molecule has 0 aliphatic carbocycles. The highest BCUT2D eigenvalue weighted by Gasteiger charge is 2.25. The smallest absolute Gasteiger partial charge is 0.135 e. The molecule has 0 atom stereocenters. The van der Waals surface area contributed by atoms with Gasteiger partial charge >= 0.3 is 0 Å². The van der Waals surface area contributed by atoms with Crippen LogP contribution in [0.25, 0.3) is 0 Å². The molecule has 1 N–H and O–H groups in total. The van der Waals surface area contributed by atoms with Gasteiger partial charge in [0.25, 0.3) is 0 Å². The van der Waals surface area contributed by atoms with E-state index in [4.69, 9.17) is 0 Å². The van der Waals surface area contributed by atoms with E-state index in [1.807, 2.05) is 0 Å². The normalized spacial score (nSPS) is 11.8. The van der Waals surface area contributed by atoms with Crippen molar-refractivity contribution in [3.05, 3.63) is 34.9 Å². The maximum absolute atomic E-state index is 13.4. The molecule has 0 bridgehead atoms. The van der Waals surface area contributed by atoms with E-state index in [0.717, 1.165) is 6.07 Å². The van der Waals surface area contributed by atoms with Crippen molar-refractivity contribution in [3.8, 4) is 0 Å².